The summed E-state index contributed by atoms with van der Waals surface area (Å²) in [7, 11) is 1.63. The molecule has 22 heavy (non-hydrogen) atoms. The van der Waals surface area contributed by atoms with E-state index in [-0.39, 0.29) is 24.0 Å². The molecule has 0 bridgehead atoms. The molecule has 0 unspecified atom stereocenters. The third-order valence-corrected chi connectivity index (χ3v) is 4.23. The van der Waals surface area contributed by atoms with Crippen molar-refractivity contribution in [2.75, 3.05) is 13.7 Å². The average molecular weight is 438 g/mol. The molecule has 1 aromatic carbocycles. The summed E-state index contributed by atoms with van der Waals surface area (Å²) < 4.78 is 5.14. The Morgan fingerprint density at radius 3 is 2.73 bits per heavy atom. The lowest BCUT2D eigenvalue weighted by atomic mass is 9.96. The van der Waals surface area contributed by atoms with E-state index < -0.39 is 0 Å². The van der Waals surface area contributed by atoms with Crippen LogP contribution in [0.4, 0.5) is 0 Å². The number of benzene rings is 1. The van der Waals surface area contributed by atoms with Crippen molar-refractivity contribution in [1.29, 1.82) is 0 Å². The van der Waals surface area contributed by atoms with Gasteiger partial charge in [-0.15, -0.1) is 24.0 Å². The number of guanidine groups is 1. The number of nitrogens with zero attached hydrogens (tertiary/aromatic N) is 1. The quantitative estimate of drug-likeness (QED) is 0.419. The first-order chi connectivity index (χ1) is 10.2. The number of rotatable bonds is 5. The summed E-state index contributed by atoms with van der Waals surface area (Å²) in [6.45, 7) is 0.637. The van der Waals surface area contributed by atoms with Gasteiger partial charge in [-0.2, -0.15) is 0 Å². The molecule has 2 rings (SSSR count). The third-order valence-electron chi connectivity index (χ3n) is 3.88. The predicted molar refractivity (Wildman–Crippen MR) is 104 cm³/mol. The third kappa shape index (κ3) is 6.20. The van der Waals surface area contributed by atoms with E-state index in [0.29, 0.717) is 23.6 Å². The Balaban J connectivity index is 0.00000242. The van der Waals surface area contributed by atoms with Gasteiger partial charge in [0, 0.05) is 17.6 Å². The monoisotopic (exact) mass is 437 g/mol. The van der Waals surface area contributed by atoms with Crippen LogP contribution in [0.1, 0.15) is 37.7 Å². The van der Waals surface area contributed by atoms with Crippen LogP contribution in [-0.2, 0) is 6.42 Å². The molecule has 3 N–H and O–H groups in total. The van der Waals surface area contributed by atoms with Gasteiger partial charge in [0.2, 0.25) is 0 Å². The number of halogens is 2. The van der Waals surface area contributed by atoms with Gasteiger partial charge in [-0.05, 0) is 37.0 Å². The van der Waals surface area contributed by atoms with Crippen molar-refractivity contribution in [2.24, 2.45) is 10.7 Å². The first kappa shape index (κ1) is 19.4. The summed E-state index contributed by atoms with van der Waals surface area (Å²) >= 11 is 6.20. The van der Waals surface area contributed by atoms with Gasteiger partial charge >= 0.3 is 0 Å². The van der Waals surface area contributed by atoms with E-state index in [1.807, 2.05) is 18.2 Å². The number of ether oxygens (including phenoxy) is 1. The van der Waals surface area contributed by atoms with Crippen molar-refractivity contribution >= 4 is 41.5 Å². The van der Waals surface area contributed by atoms with Crippen LogP contribution in [-0.4, -0.2) is 25.7 Å². The maximum absolute atomic E-state index is 6.20. The van der Waals surface area contributed by atoms with Crippen molar-refractivity contribution in [3.05, 3.63) is 28.8 Å². The van der Waals surface area contributed by atoms with Crippen molar-refractivity contribution < 1.29 is 4.74 Å². The number of hydrogen-bond acceptors (Lipinski definition) is 2. The van der Waals surface area contributed by atoms with Crippen LogP contribution < -0.4 is 15.8 Å². The molecule has 0 aliphatic heterocycles. The highest BCUT2D eigenvalue weighted by molar-refractivity contribution is 14.0. The molecule has 1 fully saturated rings. The average Bonchev–Trinajstić information content (AvgIpc) is 2.50. The first-order valence-electron chi connectivity index (χ1n) is 7.58. The van der Waals surface area contributed by atoms with Crippen LogP contribution >= 0.6 is 35.6 Å². The Morgan fingerprint density at radius 2 is 2.09 bits per heavy atom. The van der Waals surface area contributed by atoms with Crippen LogP contribution in [0.3, 0.4) is 0 Å². The van der Waals surface area contributed by atoms with Gasteiger partial charge in [-0.25, -0.2) is 0 Å². The van der Waals surface area contributed by atoms with E-state index in [0.717, 1.165) is 17.7 Å². The molecule has 0 radical (unpaired) electrons. The van der Waals surface area contributed by atoms with Crippen LogP contribution in [0, 0.1) is 0 Å². The summed E-state index contributed by atoms with van der Waals surface area (Å²) in [6, 6.07) is 6.20. The molecule has 0 heterocycles. The lowest BCUT2D eigenvalue weighted by Crippen LogP contribution is -2.41. The summed E-state index contributed by atoms with van der Waals surface area (Å²) in [6.07, 6.45) is 7.07. The standard InChI is InChI=1S/C16H24ClN3O.HI/c1-21-14-8-7-12(15(17)11-14)9-10-19-16(18)20-13-5-3-2-4-6-13;/h7-8,11,13H,2-6,9-10H2,1H3,(H3,18,19,20);1H. The molecule has 4 nitrogen and oxygen atoms in total. The molecule has 0 aromatic heterocycles. The fourth-order valence-electron chi connectivity index (χ4n) is 2.66. The maximum atomic E-state index is 6.20. The summed E-state index contributed by atoms with van der Waals surface area (Å²) in [5.41, 5.74) is 7.00. The van der Waals surface area contributed by atoms with Gasteiger partial charge in [-0.1, -0.05) is 36.9 Å². The Hall–Kier alpha value is -0.690. The summed E-state index contributed by atoms with van der Waals surface area (Å²) in [4.78, 5) is 4.39. The topological polar surface area (TPSA) is 59.6 Å². The molecule has 0 saturated heterocycles. The zero-order valence-electron chi connectivity index (χ0n) is 13.0. The summed E-state index contributed by atoms with van der Waals surface area (Å²) in [5.74, 6) is 1.32. The minimum atomic E-state index is 0. The molecule has 1 aliphatic rings. The van der Waals surface area contributed by atoms with E-state index in [2.05, 4.69) is 10.3 Å². The Labute approximate surface area is 154 Å². The highest BCUT2D eigenvalue weighted by Gasteiger charge is 2.13. The molecule has 1 aromatic rings. The predicted octanol–water partition coefficient (Wildman–Crippen LogP) is 3.75. The van der Waals surface area contributed by atoms with Gasteiger partial charge in [0.1, 0.15) is 5.75 Å². The molecule has 6 heteroatoms. The van der Waals surface area contributed by atoms with E-state index in [4.69, 9.17) is 22.1 Å². The molecule has 124 valence electrons. The fraction of sp³-hybridized carbons (Fsp3) is 0.562. The van der Waals surface area contributed by atoms with Gasteiger partial charge in [0.25, 0.3) is 0 Å². The maximum Gasteiger partial charge on any atom is 0.188 e. The van der Waals surface area contributed by atoms with E-state index in [1.165, 1.54) is 32.1 Å². The molecule has 1 aliphatic carbocycles. The second kappa shape index (κ2) is 10.2. The van der Waals surface area contributed by atoms with Crippen LogP contribution in [0.2, 0.25) is 5.02 Å². The fourth-order valence-corrected chi connectivity index (χ4v) is 2.92. The van der Waals surface area contributed by atoms with E-state index >= 15 is 0 Å². The van der Waals surface area contributed by atoms with Crippen molar-refractivity contribution in [2.45, 2.75) is 44.6 Å². The number of nitrogens with one attached hydrogen (secondary N) is 1. The van der Waals surface area contributed by atoms with E-state index in [9.17, 15) is 0 Å². The van der Waals surface area contributed by atoms with E-state index in [1.54, 1.807) is 7.11 Å². The zero-order chi connectivity index (χ0) is 15.1. The number of methoxy groups -OCH3 is 1. The second-order valence-corrected chi connectivity index (χ2v) is 5.86. The Bertz CT molecular complexity index is 490. The van der Waals surface area contributed by atoms with Gasteiger partial charge < -0.3 is 15.8 Å². The van der Waals surface area contributed by atoms with Crippen LogP contribution in [0.15, 0.2) is 23.2 Å². The van der Waals surface area contributed by atoms with Crippen LogP contribution in [0.25, 0.3) is 0 Å². The molecule has 1 saturated carbocycles. The highest BCUT2D eigenvalue weighted by Crippen LogP contribution is 2.22. The molecule has 0 atom stereocenters. The van der Waals surface area contributed by atoms with Crippen LogP contribution in [0.5, 0.6) is 5.75 Å². The van der Waals surface area contributed by atoms with Gasteiger partial charge in [0.15, 0.2) is 5.96 Å². The smallest absolute Gasteiger partial charge is 0.188 e. The second-order valence-electron chi connectivity index (χ2n) is 5.45. The summed E-state index contributed by atoms with van der Waals surface area (Å²) in [5, 5.41) is 4.02. The highest BCUT2D eigenvalue weighted by atomic mass is 127. The minimum absolute atomic E-state index is 0. The minimum Gasteiger partial charge on any atom is -0.497 e. The van der Waals surface area contributed by atoms with Crippen molar-refractivity contribution in [3.8, 4) is 5.75 Å². The number of hydrogen-bond donors (Lipinski definition) is 2. The van der Waals surface area contributed by atoms with Crippen molar-refractivity contribution in [3.63, 3.8) is 0 Å². The van der Waals surface area contributed by atoms with Gasteiger partial charge in [0.05, 0.1) is 7.11 Å². The van der Waals surface area contributed by atoms with Crippen molar-refractivity contribution in [1.82, 2.24) is 5.32 Å². The molecular weight excluding hydrogens is 413 g/mol. The normalized spacial score (nSPS) is 16.0. The van der Waals surface area contributed by atoms with Gasteiger partial charge in [-0.3, -0.25) is 4.99 Å². The Kier molecular flexibility index (Phi) is 8.93. The molecule has 0 amide bonds. The Morgan fingerprint density at radius 1 is 1.36 bits per heavy atom. The zero-order valence-corrected chi connectivity index (χ0v) is 16.1. The molecular formula is C16H25ClIN3O. The SMILES string of the molecule is COc1ccc(CCN=C(N)NC2CCCCC2)c(Cl)c1.I. The molecule has 0 spiro atoms. The lowest BCUT2D eigenvalue weighted by molar-refractivity contribution is 0.412. The number of aliphatic imine (C=N–C) groups is 1. The first-order valence-corrected chi connectivity index (χ1v) is 7.95. The number of nitrogens with two attached hydrogens (primary N) is 1. The largest absolute Gasteiger partial charge is 0.497 e. The lowest BCUT2D eigenvalue weighted by Gasteiger charge is -2.23.